The summed E-state index contributed by atoms with van der Waals surface area (Å²) in [4.78, 5) is 28.0. The van der Waals surface area contributed by atoms with Gasteiger partial charge in [0.15, 0.2) is 11.5 Å². The van der Waals surface area contributed by atoms with Crippen molar-refractivity contribution in [3.05, 3.63) is 35.5 Å². The first-order chi connectivity index (χ1) is 14.6. The van der Waals surface area contributed by atoms with Crippen molar-refractivity contribution in [2.75, 3.05) is 26.3 Å². The second-order valence-corrected chi connectivity index (χ2v) is 8.11. The lowest BCUT2D eigenvalue weighted by molar-refractivity contribution is -0.128. The third kappa shape index (κ3) is 4.72. The lowest BCUT2D eigenvalue weighted by atomic mass is 9.82. The molecule has 0 bridgehead atoms. The number of aromatic nitrogens is 3. The molecule has 9 nitrogen and oxygen atoms in total. The summed E-state index contributed by atoms with van der Waals surface area (Å²) >= 11 is 0. The molecule has 1 saturated carbocycles. The summed E-state index contributed by atoms with van der Waals surface area (Å²) in [5, 5.41) is 11.2. The summed E-state index contributed by atoms with van der Waals surface area (Å²) < 4.78 is 12.7. The Morgan fingerprint density at radius 3 is 2.97 bits per heavy atom. The van der Waals surface area contributed by atoms with E-state index in [-0.39, 0.29) is 29.5 Å². The topological polar surface area (TPSA) is 102 Å². The van der Waals surface area contributed by atoms with Crippen molar-refractivity contribution in [1.29, 1.82) is 0 Å². The third-order valence-electron chi connectivity index (χ3n) is 5.82. The molecule has 0 aromatic carbocycles. The van der Waals surface area contributed by atoms with Gasteiger partial charge in [0.2, 0.25) is 5.91 Å². The number of nitrogens with one attached hydrogen (secondary N) is 1. The van der Waals surface area contributed by atoms with Gasteiger partial charge in [0, 0.05) is 38.0 Å². The van der Waals surface area contributed by atoms with Crippen molar-refractivity contribution in [2.45, 2.75) is 51.6 Å². The van der Waals surface area contributed by atoms with Gasteiger partial charge in [0.25, 0.3) is 5.91 Å². The Kier molecular flexibility index (Phi) is 6.47. The molecule has 1 saturated heterocycles. The van der Waals surface area contributed by atoms with Crippen LogP contribution in [0.5, 0.6) is 0 Å². The van der Waals surface area contributed by atoms with Gasteiger partial charge in [-0.25, -0.2) is 0 Å². The van der Waals surface area contributed by atoms with Crippen LogP contribution in [-0.4, -0.2) is 64.0 Å². The molecule has 0 spiro atoms. The Hall–Kier alpha value is -2.68. The first-order valence-corrected chi connectivity index (χ1v) is 10.7. The van der Waals surface area contributed by atoms with Gasteiger partial charge in [-0.05, 0) is 31.7 Å². The van der Waals surface area contributed by atoms with Crippen LogP contribution in [0.2, 0.25) is 0 Å². The summed E-state index contributed by atoms with van der Waals surface area (Å²) in [5.74, 6) is 0.197. The van der Waals surface area contributed by atoms with E-state index in [2.05, 4.69) is 15.6 Å². The number of nitrogens with zero attached hydrogens (tertiary/aromatic N) is 4. The largest absolute Gasteiger partial charge is 0.380 e. The Morgan fingerprint density at radius 2 is 2.13 bits per heavy atom. The number of aryl methyl sites for hydroxylation is 1. The van der Waals surface area contributed by atoms with Gasteiger partial charge in [-0.15, -0.1) is 0 Å². The van der Waals surface area contributed by atoms with Gasteiger partial charge < -0.3 is 19.5 Å². The van der Waals surface area contributed by atoms with Crippen molar-refractivity contribution < 1.29 is 18.8 Å². The molecule has 2 amide bonds. The molecule has 30 heavy (non-hydrogen) atoms. The molecule has 0 radical (unpaired) electrons. The van der Waals surface area contributed by atoms with Crippen LogP contribution in [-0.2, 0) is 16.1 Å². The standard InChI is InChI=1S/C21H29N5O4/c1-15-12-23-25(13-15)14-16-11-18(24-30-16)21(28)26-8-4-9-29-10-7-22-20(27)17-5-2-3-6-19(17)26/h11-13,17,19H,2-10,14H2,1H3,(H,22,27)/t17-,19+/m1/s1. The van der Waals surface area contributed by atoms with Gasteiger partial charge in [-0.1, -0.05) is 18.0 Å². The maximum Gasteiger partial charge on any atom is 0.276 e. The highest BCUT2D eigenvalue weighted by Crippen LogP contribution is 2.30. The second kappa shape index (κ2) is 9.42. The summed E-state index contributed by atoms with van der Waals surface area (Å²) in [7, 11) is 0. The van der Waals surface area contributed by atoms with Gasteiger partial charge in [0.05, 0.1) is 18.7 Å². The number of hydrogen-bond donors (Lipinski definition) is 1. The molecule has 2 aliphatic rings. The number of carbonyl (C=O) groups is 2. The minimum atomic E-state index is -0.195. The van der Waals surface area contributed by atoms with E-state index in [0.29, 0.717) is 38.6 Å². The minimum absolute atomic E-state index is 0.0119. The van der Waals surface area contributed by atoms with Crippen LogP contribution in [0.1, 0.15) is 53.9 Å². The lowest BCUT2D eigenvalue weighted by Crippen LogP contribution is -2.51. The summed E-state index contributed by atoms with van der Waals surface area (Å²) in [6.07, 6.45) is 8.03. The molecule has 0 unspecified atom stereocenters. The number of amides is 2. The maximum atomic E-state index is 13.4. The van der Waals surface area contributed by atoms with E-state index in [1.807, 2.05) is 18.0 Å². The van der Waals surface area contributed by atoms with Crippen LogP contribution in [0.4, 0.5) is 0 Å². The zero-order valence-corrected chi connectivity index (χ0v) is 17.4. The zero-order chi connectivity index (χ0) is 20.9. The van der Waals surface area contributed by atoms with Crippen molar-refractivity contribution >= 4 is 11.8 Å². The SMILES string of the molecule is Cc1cnn(Cc2cc(C(=O)N3CCCOCCNC(=O)[C@@H]4CCCC[C@@H]43)no2)c1. The van der Waals surface area contributed by atoms with E-state index >= 15 is 0 Å². The number of fused-ring (bicyclic) bond motifs is 1. The van der Waals surface area contributed by atoms with Crippen molar-refractivity contribution in [2.24, 2.45) is 5.92 Å². The molecule has 2 aromatic rings. The monoisotopic (exact) mass is 415 g/mol. The Balaban J connectivity index is 1.53. The fourth-order valence-electron chi connectivity index (χ4n) is 4.37. The zero-order valence-electron chi connectivity index (χ0n) is 17.4. The first-order valence-electron chi connectivity index (χ1n) is 10.7. The molecular weight excluding hydrogens is 386 g/mol. The van der Waals surface area contributed by atoms with Gasteiger partial charge in [0.1, 0.15) is 6.54 Å². The minimum Gasteiger partial charge on any atom is -0.380 e. The van der Waals surface area contributed by atoms with Crippen molar-refractivity contribution in [1.82, 2.24) is 25.2 Å². The normalized spacial score (nSPS) is 23.4. The highest BCUT2D eigenvalue weighted by atomic mass is 16.5. The van der Waals surface area contributed by atoms with Crippen LogP contribution < -0.4 is 5.32 Å². The van der Waals surface area contributed by atoms with Gasteiger partial charge in [-0.2, -0.15) is 5.10 Å². The summed E-state index contributed by atoms with van der Waals surface area (Å²) in [6.45, 7) is 4.48. The Bertz CT molecular complexity index is 876. The number of hydrogen-bond acceptors (Lipinski definition) is 6. The van der Waals surface area contributed by atoms with E-state index < -0.39 is 0 Å². The number of rotatable bonds is 3. The molecule has 1 aliphatic carbocycles. The number of ether oxygens (including phenoxy) is 1. The highest BCUT2D eigenvalue weighted by molar-refractivity contribution is 5.93. The van der Waals surface area contributed by atoms with Gasteiger partial charge in [-0.3, -0.25) is 14.3 Å². The van der Waals surface area contributed by atoms with Crippen LogP contribution >= 0.6 is 0 Å². The molecule has 2 atom stereocenters. The number of carbonyl (C=O) groups excluding carboxylic acids is 2. The van der Waals surface area contributed by atoms with Crippen LogP contribution in [0.15, 0.2) is 23.0 Å². The fraction of sp³-hybridized carbons (Fsp3) is 0.619. The Morgan fingerprint density at radius 1 is 1.27 bits per heavy atom. The molecular formula is C21H29N5O4. The smallest absolute Gasteiger partial charge is 0.276 e. The van der Waals surface area contributed by atoms with E-state index in [1.54, 1.807) is 16.9 Å². The quantitative estimate of drug-likeness (QED) is 0.820. The van der Waals surface area contributed by atoms with Crippen molar-refractivity contribution in [3.8, 4) is 0 Å². The predicted molar refractivity (Wildman–Crippen MR) is 108 cm³/mol. The third-order valence-corrected chi connectivity index (χ3v) is 5.82. The molecule has 2 aromatic heterocycles. The molecule has 9 heteroatoms. The molecule has 3 heterocycles. The maximum absolute atomic E-state index is 13.4. The van der Waals surface area contributed by atoms with E-state index in [1.165, 1.54) is 0 Å². The predicted octanol–water partition coefficient (Wildman–Crippen LogP) is 1.77. The summed E-state index contributed by atoms with van der Waals surface area (Å²) in [5.41, 5.74) is 1.33. The van der Waals surface area contributed by atoms with Crippen molar-refractivity contribution in [3.63, 3.8) is 0 Å². The van der Waals surface area contributed by atoms with E-state index in [0.717, 1.165) is 37.7 Å². The highest BCUT2D eigenvalue weighted by Gasteiger charge is 2.38. The molecule has 1 aliphatic heterocycles. The van der Waals surface area contributed by atoms with Crippen LogP contribution in [0.25, 0.3) is 0 Å². The Labute approximate surface area is 175 Å². The van der Waals surface area contributed by atoms with Crippen LogP contribution in [0, 0.1) is 12.8 Å². The average Bonchev–Trinajstić information content (AvgIpc) is 3.37. The molecule has 4 rings (SSSR count). The second-order valence-electron chi connectivity index (χ2n) is 8.11. The first kappa shape index (κ1) is 20.6. The van der Waals surface area contributed by atoms with Crippen LogP contribution in [0.3, 0.4) is 0 Å². The van der Waals surface area contributed by atoms with E-state index in [4.69, 9.17) is 9.26 Å². The summed E-state index contributed by atoms with van der Waals surface area (Å²) in [6, 6.07) is 1.55. The van der Waals surface area contributed by atoms with Gasteiger partial charge >= 0.3 is 0 Å². The fourth-order valence-corrected chi connectivity index (χ4v) is 4.37. The molecule has 162 valence electrons. The molecule has 1 N–H and O–H groups in total. The lowest BCUT2D eigenvalue weighted by Gasteiger charge is -2.38. The van der Waals surface area contributed by atoms with E-state index in [9.17, 15) is 9.59 Å². The average molecular weight is 415 g/mol. The molecule has 2 fully saturated rings.